The zero-order valence-electron chi connectivity index (χ0n) is 9.20. The van der Waals surface area contributed by atoms with Gasteiger partial charge < -0.3 is 15.5 Å². The minimum Gasteiger partial charge on any atom is -0.507 e. The Kier molecular flexibility index (Phi) is 4.39. The van der Waals surface area contributed by atoms with Crippen molar-refractivity contribution in [1.82, 2.24) is 5.32 Å². The molecule has 0 spiro atoms. The summed E-state index contributed by atoms with van der Waals surface area (Å²) in [6.07, 6.45) is -0.294. The van der Waals surface area contributed by atoms with Gasteiger partial charge in [0.2, 0.25) is 0 Å². The van der Waals surface area contributed by atoms with Gasteiger partial charge in [-0.25, -0.2) is 8.78 Å². The number of amides is 1. The summed E-state index contributed by atoms with van der Waals surface area (Å²) in [5.41, 5.74) is -0.600. The fourth-order valence-electron chi connectivity index (χ4n) is 1.27. The Morgan fingerprint density at radius 3 is 2.65 bits per heavy atom. The summed E-state index contributed by atoms with van der Waals surface area (Å²) < 4.78 is 25.9. The van der Waals surface area contributed by atoms with E-state index in [2.05, 4.69) is 5.32 Å². The average molecular weight is 245 g/mol. The van der Waals surface area contributed by atoms with Crippen molar-refractivity contribution >= 4 is 5.91 Å². The molecule has 4 nitrogen and oxygen atoms in total. The number of halogens is 2. The first-order chi connectivity index (χ1) is 7.91. The van der Waals surface area contributed by atoms with Crippen LogP contribution in [0.1, 0.15) is 23.7 Å². The topological polar surface area (TPSA) is 69.6 Å². The van der Waals surface area contributed by atoms with E-state index in [9.17, 15) is 18.7 Å². The van der Waals surface area contributed by atoms with E-state index in [0.717, 1.165) is 0 Å². The van der Waals surface area contributed by atoms with Crippen LogP contribution in [0.15, 0.2) is 12.1 Å². The Hall–Kier alpha value is -1.69. The van der Waals surface area contributed by atoms with Crippen molar-refractivity contribution in [2.75, 3.05) is 6.54 Å². The molecule has 0 aromatic heterocycles. The van der Waals surface area contributed by atoms with Gasteiger partial charge in [-0.15, -0.1) is 0 Å². The Balaban J connectivity index is 2.76. The lowest BCUT2D eigenvalue weighted by Crippen LogP contribution is -2.27. The third-order valence-electron chi connectivity index (χ3n) is 2.11. The van der Waals surface area contributed by atoms with Crippen LogP contribution in [-0.2, 0) is 0 Å². The average Bonchev–Trinajstić information content (AvgIpc) is 2.14. The maximum atomic E-state index is 13.2. The van der Waals surface area contributed by atoms with Gasteiger partial charge in [-0.2, -0.15) is 0 Å². The second kappa shape index (κ2) is 5.58. The van der Waals surface area contributed by atoms with Gasteiger partial charge in [-0.1, -0.05) is 0 Å². The van der Waals surface area contributed by atoms with Crippen molar-refractivity contribution in [1.29, 1.82) is 0 Å². The minimum atomic E-state index is -1.13. The molecule has 1 rings (SSSR count). The molecule has 1 atom stereocenters. The van der Waals surface area contributed by atoms with Crippen molar-refractivity contribution in [3.63, 3.8) is 0 Å². The van der Waals surface area contributed by atoms with Crippen LogP contribution in [0, 0.1) is 11.6 Å². The summed E-state index contributed by atoms with van der Waals surface area (Å²) in [6.45, 7) is 1.68. The number of aromatic hydroxyl groups is 1. The molecule has 0 fully saturated rings. The van der Waals surface area contributed by atoms with Crippen LogP contribution in [-0.4, -0.2) is 28.8 Å². The highest BCUT2D eigenvalue weighted by molar-refractivity contribution is 5.97. The van der Waals surface area contributed by atoms with E-state index in [1.165, 1.54) is 0 Å². The molecule has 0 aliphatic heterocycles. The fourth-order valence-corrected chi connectivity index (χ4v) is 1.27. The highest BCUT2D eigenvalue weighted by Gasteiger charge is 2.18. The first kappa shape index (κ1) is 13.4. The number of aliphatic hydroxyl groups is 1. The Morgan fingerprint density at radius 2 is 2.12 bits per heavy atom. The third kappa shape index (κ3) is 3.67. The van der Waals surface area contributed by atoms with Crippen LogP contribution < -0.4 is 5.32 Å². The van der Waals surface area contributed by atoms with Crippen molar-refractivity contribution in [2.45, 2.75) is 19.4 Å². The molecule has 17 heavy (non-hydrogen) atoms. The molecular formula is C11H13F2NO3. The van der Waals surface area contributed by atoms with E-state index >= 15 is 0 Å². The highest BCUT2D eigenvalue weighted by atomic mass is 19.1. The molecule has 0 aliphatic carbocycles. The summed E-state index contributed by atoms with van der Waals surface area (Å²) in [7, 11) is 0. The molecule has 94 valence electrons. The number of rotatable bonds is 4. The molecular weight excluding hydrogens is 232 g/mol. The van der Waals surface area contributed by atoms with Crippen molar-refractivity contribution in [3.8, 4) is 5.75 Å². The number of aliphatic hydroxyl groups excluding tert-OH is 1. The van der Waals surface area contributed by atoms with Crippen LogP contribution in [0.4, 0.5) is 8.78 Å². The van der Waals surface area contributed by atoms with Gasteiger partial charge in [0.1, 0.15) is 22.9 Å². The predicted molar refractivity (Wildman–Crippen MR) is 56.7 cm³/mol. The predicted octanol–water partition coefficient (Wildman–Crippen LogP) is 1.17. The quantitative estimate of drug-likeness (QED) is 0.745. The Labute approximate surface area is 96.9 Å². The van der Waals surface area contributed by atoms with Gasteiger partial charge >= 0.3 is 0 Å². The zero-order chi connectivity index (χ0) is 13.0. The third-order valence-corrected chi connectivity index (χ3v) is 2.11. The van der Waals surface area contributed by atoms with Crippen LogP contribution in [0.5, 0.6) is 5.75 Å². The van der Waals surface area contributed by atoms with Crippen molar-refractivity contribution in [2.24, 2.45) is 0 Å². The molecule has 0 heterocycles. The molecule has 1 aromatic carbocycles. The van der Waals surface area contributed by atoms with Crippen LogP contribution in [0.3, 0.4) is 0 Å². The lowest BCUT2D eigenvalue weighted by atomic mass is 10.1. The van der Waals surface area contributed by atoms with Crippen molar-refractivity contribution < 1.29 is 23.8 Å². The zero-order valence-corrected chi connectivity index (χ0v) is 9.20. The fraction of sp³-hybridized carbons (Fsp3) is 0.364. The van der Waals surface area contributed by atoms with Gasteiger partial charge in [0.25, 0.3) is 5.91 Å². The smallest absolute Gasteiger partial charge is 0.258 e. The number of carbonyl (C=O) groups is 1. The molecule has 0 saturated carbocycles. The summed E-state index contributed by atoms with van der Waals surface area (Å²) in [5, 5.41) is 20.5. The monoisotopic (exact) mass is 245 g/mol. The summed E-state index contributed by atoms with van der Waals surface area (Å²) in [6, 6.07) is 1.18. The number of phenols is 1. The first-order valence-corrected chi connectivity index (χ1v) is 5.06. The number of carbonyl (C=O) groups excluding carboxylic acids is 1. The van der Waals surface area contributed by atoms with Gasteiger partial charge in [-0.05, 0) is 13.3 Å². The SMILES string of the molecule is CC(O)CCNC(=O)c1c(O)cc(F)cc1F. The molecule has 6 heteroatoms. The van der Waals surface area contributed by atoms with E-state index in [4.69, 9.17) is 5.11 Å². The lowest BCUT2D eigenvalue weighted by molar-refractivity contribution is 0.0938. The van der Waals surface area contributed by atoms with Gasteiger partial charge in [0.15, 0.2) is 0 Å². The molecule has 1 aromatic rings. The second-order valence-corrected chi connectivity index (χ2v) is 3.68. The molecule has 0 saturated heterocycles. The largest absolute Gasteiger partial charge is 0.507 e. The Morgan fingerprint density at radius 1 is 1.47 bits per heavy atom. The number of benzene rings is 1. The molecule has 3 N–H and O–H groups in total. The summed E-state index contributed by atoms with van der Waals surface area (Å²) in [5.74, 6) is -3.68. The van der Waals surface area contributed by atoms with Crippen molar-refractivity contribution in [3.05, 3.63) is 29.3 Å². The molecule has 0 bridgehead atoms. The van der Waals surface area contributed by atoms with Crippen LogP contribution in [0.25, 0.3) is 0 Å². The second-order valence-electron chi connectivity index (χ2n) is 3.68. The molecule has 0 aliphatic rings. The lowest BCUT2D eigenvalue weighted by Gasteiger charge is -2.08. The molecule has 0 radical (unpaired) electrons. The van der Waals surface area contributed by atoms with E-state index in [1.54, 1.807) is 6.92 Å². The van der Waals surface area contributed by atoms with E-state index in [-0.39, 0.29) is 6.54 Å². The van der Waals surface area contributed by atoms with Crippen LogP contribution >= 0.6 is 0 Å². The first-order valence-electron chi connectivity index (χ1n) is 5.06. The number of phenolic OH excluding ortho intramolecular Hbond substituents is 1. The summed E-state index contributed by atoms with van der Waals surface area (Å²) >= 11 is 0. The number of nitrogens with one attached hydrogen (secondary N) is 1. The summed E-state index contributed by atoms with van der Waals surface area (Å²) in [4.78, 5) is 11.5. The van der Waals surface area contributed by atoms with E-state index in [1.807, 2.05) is 0 Å². The maximum absolute atomic E-state index is 13.2. The van der Waals surface area contributed by atoms with Crippen LogP contribution in [0.2, 0.25) is 0 Å². The normalized spacial score (nSPS) is 12.2. The maximum Gasteiger partial charge on any atom is 0.258 e. The van der Waals surface area contributed by atoms with E-state index in [0.29, 0.717) is 18.6 Å². The van der Waals surface area contributed by atoms with Gasteiger partial charge in [0.05, 0.1) is 6.10 Å². The Bertz CT molecular complexity index is 398. The molecule has 1 unspecified atom stereocenters. The number of hydrogen-bond donors (Lipinski definition) is 3. The standard InChI is InChI=1S/C11H13F2NO3/c1-6(15)2-3-14-11(17)10-8(13)4-7(12)5-9(10)16/h4-6,15-16H,2-3H2,1H3,(H,14,17). The minimum absolute atomic E-state index is 0.132. The van der Waals surface area contributed by atoms with Gasteiger partial charge in [0, 0.05) is 18.7 Å². The van der Waals surface area contributed by atoms with Gasteiger partial charge in [-0.3, -0.25) is 4.79 Å². The molecule has 1 amide bonds. The van der Waals surface area contributed by atoms with E-state index < -0.39 is 35.0 Å². The highest BCUT2D eigenvalue weighted by Crippen LogP contribution is 2.21. The number of hydrogen-bond acceptors (Lipinski definition) is 3.